The van der Waals surface area contributed by atoms with E-state index in [0.717, 1.165) is 17.0 Å². The summed E-state index contributed by atoms with van der Waals surface area (Å²) in [6.07, 6.45) is 0.258. The van der Waals surface area contributed by atoms with Gasteiger partial charge in [0, 0.05) is 18.4 Å². The maximum absolute atomic E-state index is 11.7. The fourth-order valence-corrected chi connectivity index (χ4v) is 1.61. The largest absolute Gasteiger partial charge is 0.394 e. The predicted molar refractivity (Wildman–Crippen MR) is 62.7 cm³/mol. The molecule has 96 valence electrons. The summed E-state index contributed by atoms with van der Waals surface area (Å²) in [7, 11) is 1.53. The van der Waals surface area contributed by atoms with Gasteiger partial charge in [0.15, 0.2) is 0 Å². The minimum Gasteiger partial charge on any atom is -0.394 e. The van der Waals surface area contributed by atoms with E-state index in [1.165, 1.54) is 7.11 Å². The molecule has 1 atom stereocenters. The molecule has 1 rings (SSSR count). The molecule has 3 N–H and O–H groups in total. The molecule has 0 radical (unpaired) electrons. The first-order chi connectivity index (χ1) is 8.08. The van der Waals surface area contributed by atoms with Gasteiger partial charge >= 0.3 is 0 Å². The van der Waals surface area contributed by atoms with Crippen LogP contribution in [0, 0.1) is 13.8 Å². The van der Waals surface area contributed by atoms with Crippen LogP contribution in [0.1, 0.15) is 17.0 Å². The lowest BCUT2D eigenvalue weighted by Gasteiger charge is -2.15. The number of aliphatic hydroxyl groups excluding tert-OH is 1. The number of aryl methyl sites for hydroxylation is 2. The molecule has 0 aromatic carbocycles. The van der Waals surface area contributed by atoms with Crippen LogP contribution in [0.2, 0.25) is 0 Å². The third-order valence-electron chi connectivity index (χ3n) is 2.57. The summed E-state index contributed by atoms with van der Waals surface area (Å²) < 4.78 is 4.89. The van der Waals surface area contributed by atoms with E-state index >= 15 is 0 Å². The maximum Gasteiger partial charge on any atom is 0.224 e. The highest BCUT2D eigenvalue weighted by molar-refractivity contribution is 5.79. The number of hydrogen-bond donors (Lipinski definition) is 3. The Hall–Kier alpha value is -1.40. The summed E-state index contributed by atoms with van der Waals surface area (Å²) in [4.78, 5) is 11.7. The fraction of sp³-hybridized carbons (Fsp3) is 0.636. The summed E-state index contributed by atoms with van der Waals surface area (Å²) >= 11 is 0. The topological polar surface area (TPSA) is 87.2 Å². The maximum atomic E-state index is 11.7. The molecule has 0 spiro atoms. The number of H-pyrrole nitrogens is 1. The smallest absolute Gasteiger partial charge is 0.224 e. The average molecular weight is 241 g/mol. The number of amides is 1. The monoisotopic (exact) mass is 241 g/mol. The van der Waals surface area contributed by atoms with Crippen LogP contribution < -0.4 is 5.32 Å². The Morgan fingerprint density at radius 3 is 2.76 bits per heavy atom. The molecule has 0 bridgehead atoms. The number of methoxy groups -OCH3 is 1. The number of aromatic amines is 1. The summed E-state index contributed by atoms with van der Waals surface area (Å²) in [5, 5.41) is 18.6. The lowest BCUT2D eigenvalue weighted by atomic mass is 10.1. The first-order valence-electron chi connectivity index (χ1n) is 5.48. The van der Waals surface area contributed by atoms with E-state index in [4.69, 9.17) is 9.84 Å². The molecule has 1 amide bonds. The van der Waals surface area contributed by atoms with Crippen LogP contribution in [0.4, 0.5) is 0 Å². The fourth-order valence-electron chi connectivity index (χ4n) is 1.61. The number of nitrogens with zero attached hydrogens (tertiary/aromatic N) is 1. The lowest BCUT2D eigenvalue weighted by molar-refractivity contribution is -0.121. The van der Waals surface area contributed by atoms with Gasteiger partial charge in [0.2, 0.25) is 5.91 Å². The predicted octanol–water partition coefficient (Wildman–Crippen LogP) is -0.307. The van der Waals surface area contributed by atoms with Gasteiger partial charge in [-0.2, -0.15) is 5.10 Å². The van der Waals surface area contributed by atoms with Gasteiger partial charge in [-0.1, -0.05) is 0 Å². The molecular weight excluding hydrogens is 222 g/mol. The van der Waals surface area contributed by atoms with Crippen LogP contribution in [0.15, 0.2) is 0 Å². The SMILES string of the molecule is COCC(CO)NC(=O)Cc1c(C)n[nH]c1C. The Morgan fingerprint density at radius 2 is 2.29 bits per heavy atom. The Labute approximate surface area is 100 Å². The average Bonchev–Trinajstić information content (AvgIpc) is 2.60. The third-order valence-corrected chi connectivity index (χ3v) is 2.57. The van der Waals surface area contributed by atoms with E-state index < -0.39 is 0 Å². The Bertz CT molecular complexity index is 357. The van der Waals surface area contributed by atoms with Gasteiger partial charge in [-0.15, -0.1) is 0 Å². The Kier molecular flexibility index (Phi) is 5.11. The van der Waals surface area contributed by atoms with Gasteiger partial charge in [0.05, 0.1) is 31.4 Å². The number of carbonyl (C=O) groups excluding carboxylic acids is 1. The quantitative estimate of drug-likeness (QED) is 0.637. The van der Waals surface area contributed by atoms with Crippen molar-refractivity contribution in [1.29, 1.82) is 0 Å². The van der Waals surface area contributed by atoms with Crippen molar-refractivity contribution in [2.75, 3.05) is 20.3 Å². The Morgan fingerprint density at radius 1 is 1.59 bits per heavy atom. The molecule has 0 fully saturated rings. The third kappa shape index (κ3) is 3.83. The van der Waals surface area contributed by atoms with Crippen LogP contribution in [0.5, 0.6) is 0 Å². The summed E-state index contributed by atoms with van der Waals surface area (Å²) in [5.74, 6) is -0.145. The molecular formula is C11H19N3O3. The van der Waals surface area contributed by atoms with Crippen molar-refractivity contribution in [2.24, 2.45) is 0 Å². The molecule has 0 aliphatic rings. The van der Waals surface area contributed by atoms with Crippen molar-refractivity contribution in [2.45, 2.75) is 26.3 Å². The van der Waals surface area contributed by atoms with Crippen molar-refractivity contribution in [3.8, 4) is 0 Å². The van der Waals surface area contributed by atoms with Gasteiger partial charge in [-0.3, -0.25) is 9.89 Å². The summed E-state index contributed by atoms with van der Waals surface area (Å²) in [5.41, 5.74) is 2.62. The highest BCUT2D eigenvalue weighted by Crippen LogP contribution is 2.09. The zero-order valence-corrected chi connectivity index (χ0v) is 10.4. The van der Waals surface area contributed by atoms with Crippen molar-refractivity contribution in [1.82, 2.24) is 15.5 Å². The second kappa shape index (κ2) is 6.36. The van der Waals surface area contributed by atoms with E-state index in [-0.39, 0.29) is 25.0 Å². The second-order valence-corrected chi connectivity index (χ2v) is 3.99. The zero-order chi connectivity index (χ0) is 12.8. The normalized spacial score (nSPS) is 12.5. The van der Waals surface area contributed by atoms with Crippen LogP contribution in [0.25, 0.3) is 0 Å². The number of hydrogen-bond acceptors (Lipinski definition) is 4. The molecule has 1 aromatic heterocycles. The molecule has 6 heteroatoms. The molecule has 0 aliphatic carbocycles. The highest BCUT2D eigenvalue weighted by atomic mass is 16.5. The lowest BCUT2D eigenvalue weighted by Crippen LogP contribution is -2.41. The van der Waals surface area contributed by atoms with Crippen LogP contribution in [-0.2, 0) is 16.0 Å². The first-order valence-corrected chi connectivity index (χ1v) is 5.48. The molecule has 1 aromatic rings. The van der Waals surface area contributed by atoms with Crippen molar-refractivity contribution < 1.29 is 14.6 Å². The number of nitrogens with one attached hydrogen (secondary N) is 2. The van der Waals surface area contributed by atoms with E-state index in [1.54, 1.807) is 0 Å². The van der Waals surface area contributed by atoms with Gasteiger partial charge in [0.1, 0.15) is 0 Å². The molecule has 1 heterocycles. The first kappa shape index (κ1) is 13.7. The van der Waals surface area contributed by atoms with Crippen LogP contribution in [-0.4, -0.2) is 47.6 Å². The molecule has 0 saturated heterocycles. The minimum atomic E-state index is -0.361. The van der Waals surface area contributed by atoms with Crippen LogP contribution in [0.3, 0.4) is 0 Å². The molecule has 6 nitrogen and oxygen atoms in total. The number of carbonyl (C=O) groups is 1. The number of aromatic nitrogens is 2. The number of aliphatic hydroxyl groups is 1. The van der Waals surface area contributed by atoms with E-state index in [2.05, 4.69) is 15.5 Å². The second-order valence-electron chi connectivity index (χ2n) is 3.99. The van der Waals surface area contributed by atoms with E-state index in [1.807, 2.05) is 13.8 Å². The summed E-state index contributed by atoms with van der Waals surface area (Å²) in [6, 6.07) is -0.361. The zero-order valence-electron chi connectivity index (χ0n) is 10.4. The van der Waals surface area contributed by atoms with Gasteiger partial charge in [-0.25, -0.2) is 0 Å². The minimum absolute atomic E-state index is 0.136. The van der Waals surface area contributed by atoms with Crippen molar-refractivity contribution in [3.63, 3.8) is 0 Å². The number of ether oxygens (including phenoxy) is 1. The molecule has 0 saturated carbocycles. The molecule has 1 unspecified atom stereocenters. The van der Waals surface area contributed by atoms with E-state index in [0.29, 0.717) is 6.61 Å². The summed E-state index contributed by atoms with van der Waals surface area (Å²) in [6.45, 7) is 3.89. The highest BCUT2D eigenvalue weighted by Gasteiger charge is 2.14. The standard InChI is InChI=1S/C11H19N3O3/c1-7-10(8(2)14-13-7)4-11(16)12-9(5-15)6-17-3/h9,15H,4-6H2,1-3H3,(H,12,16)(H,13,14). The Balaban J connectivity index is 2.55. The molecule has 17 heavy (non-hydrogen) atoms. The van der Waals surface area contributed by atoms with Crippen molar-refractivity contribution >= 4 is 5.91 Å². The van der Waals surface area contributed by atoms with Gasteiger partial charge < -0.3 is 15.2 Å². The van der Waals surface area contributed by atoms with Crippen molar-refractivity contribution in [3.05, 3.63) is 17.0 Å². The number of rotatable bonds is 6. The van der Waals surface area contributed by atoms with Gasteiger partial charge in [0.25, 0.3) is 0 Å². The van der Waals surface area contributed by atoms with Gasteiger partial charge in [-0.05, 0) is 13.8 Å². The van der Waals surface area contributed by atoms with E-state index in [9.17, 15) is 4.79 Å². The van der Waals surface area contributed by atoms with Crippen LogP contribution >= 0.6 is 0 Å². The molecule has 0 aliphatic heterocycles.